The van der Waals surface area contributed by atoms with E-state index in [4.69, 9.17) is 4.98 Å². The van der Waals surface area contributed by atoms with Crippen LogP contribution in [0.25, 0.3) is 44.1 Å². The number of piperidine rings is 1. The normalized spacial score (nSPS) is 19.4. The van der Waals surface area contributed by atoms with Gasteiger partial charge in [0.15, 0.2) is 0 Å². The molecule has 2 aliphatic rings. The molecule has 210 valence electrons. The molecular formula is C30H30FN7O3. The number of carboxylic acid groups (broad SMARTS) is 1. The van der Waals surface area contributed by atoms with Gasteiger partial charge in [-0.15, -0.1) is 0 Å². The van der Waals surface area contributed by atoms with Crippen LogP contribution in [0.5, 0.6) is 0 Å². The van der Waals surface area contributed by atoms with Crippen LogP contribution in [0.2, 0.25) is 0 Å². The van der Waals surface area contributed by atoms with Gasteiger partial charge in [-0.3, -0.25) is 4.79 Å². The van der Waals surface area contributed by atoms with E-state index in [2.05, 4.69) is 32.1 Å². The van der Waals surface area contributed by atoms with E-state index in [1.807, 2.05) is 0 Å². The molecule has 0 bridgehead atoms. The second-order valence-corrected chi connectivity index (χ2v) is 11.2. The summed E-state index contributed by atoms with van der Waals surface area (Å²) in [6.07, 6.45) is 6.97. The van der Waals surface area contributed by atoms with E-state index in [9.17, 15) is 19.1 Å². The minimum absolute atomic E-state index is 0.215. The van der Waals surface area contributed by atoms with E-state index in [0.717, 1.165) is 48.2 Å². The molecule has 11 heteroatoms. The fourth-order valence-corrected chi connectivity index (χ4v) is 6.86. The molecule has 0 saturated carbocycles. The van der Waals surface area contributed by atoms with Crippen LogP contribution in [-0.4, -0.2) is 75.3 Å². The Balaban J connectivity index is 1.52. The molecule has 4 aromatic heterocycles. The van der Waals surface area contributed by atoms with Gasteiger partial charge in [0.25, 0.3) is 0 Å². The minimum atomic E-state index is -1.29. The Bertz CT molecular complexity index is 1950. The monoisotopic (exact) mass is 555 g/mol. The smallest absolute Gasteiger partial charge is 0.341 e. The van der Waals surface area contributed by atoms with Gasteiger partial charge in [0.05, 0.1) is 27.7 Å². The highest BCUT2D eigenvalue weighted by Crippen LogP contribution is 2.44. The van der Waals surface area contributed by atoms with Crippen LogP contribution >= 0.6 is 0 Å². The van der Waals surface area contributed by atoms with Crippen molar-refractivity contribution in [3.8, 4) is 11.1 Å². The lowest BCUT2D eigenvalue weighted by Crippen LogP contribution is -2.47. The molecule has 0 amide bonds. The van der Waals surface area contributed by atoms with Gasteiger partial charge in [0.1, 0.15) is 22.7 Å². The number of hydrogen-bond donors (Lipinski definition) is 3. The number of likely N-dealkylation sites (N-methyl/N-ethyl adjacent to an activating group) is 1. The van der Waals surface area contributed by atoms with E-state index < -0.39 is 11.4 Å². The summed E-state index contributed by atoms with van der Waals surface area (Å²) in [6, 6.07) is 5.09. The Kier molecular flexibility index (Phi) is 5.75. The number of anilines is 2. The third-order valence-corrected chi connectivity index (χ3v) is 8.95. The molecule has 2 aliphatic heterocycles. The first-order valence-electron chi connectivity index (χ1n) is 13.7. The van der Waals surface area contributed by atoms with Gasteiger partial charge in [0, 0.05) is 68.3 Å². The highest BCUT2D eigenvalue weighted by atomic mass is 19.1. The van der Waals surface area contributed by atoms with E-state index in [1.54, 1.807) is 37.1 Å². The second kappa shape index (κ2) is 9.27. The first kappa shape index (κ1) is 25.5. The first-order chi connectivity index (χ1) is 19.7. The van der Waals surface area contributed by atoms with Crippen LogP contribution in [0.4, 0.5) is 15.8 Å². The van der Waals surface area contributed by atoms with Crippen molar-refractivity contribution in [2.45, 2.75) is 18.9 Å². The summed E-state index contributed by atoms with van der Waals surface area (Å²) in [6.45, 7) is 2.70. The number of H-pyrrole nitrogens is 1. The number of hydrogen-bond acceptors (Lipinski definition) is 7. The number of halogens is 1. The van der Waals surface area contributed by atoms with Crippen LogP contribution in [0.3, 0.4) is 0 Å². The molecule has 10 nitrogen and oxygen atoms in total. The zero-order valence-electron chi connectivity index (χ0n) is 23.0. The molecule has 0 radical (unpaired) electrons. The van der Waals surface area contributed by atoms with Gasteiger partial charge >= 0.3 is 5.97 Å². The van der Waals surface area contributed by atoms with E-state index >= 15 is 0 Å². The summed E-state index contributed by atoms with van der Waals surface area (Å²) >= 11 is 0. The number of carboxylic acids is 1. The predicted molar refractivity (Wildman–Crippen MR) is 157 cm³/mol. The largest absolute Gasteiger partial charge is 0.477 e. The van der Waals surface area contributed by atoms with Crippen LogP contribution in [0, 0.1) is 11.7 Å². The molecule has 0 unspecified atom stereocenters. The summed E-state index contributed by atoms with van der Waals surface area (Å²) in [5, 5.41) is 14.4. The SMILES string of the molecule is CNc1cc(F)cc2c1[nH]c1ncc(-c3cnc4c(c3)c(=O)c(C(=O)O)cn4C)c(N3CC[C@H]4CCN(C)[C@H]4C3)c12. The molecule has 7 rings (SSSR count). The molecule has 3 N–H and O–H groups in total. The Hall–Kier alpha value is -4.51. The van der Waals surface area contributed by atoms with Crippen molar-refractivity contribution in [3.63, 3.8) is 0 Å². The fraction of sp³-hybridized carbons (Fsp3) is 0.333. The van der Waals surface area contributed by atoms with E-state index in [-0.39, 0.29) is 16.8 Å². The van der Waals surface area contributed by atoms with Gasteiger partial charge in [-0.05, 0) is 50.6 Å². The maximum absolute atomic E-state index is 14.9. The number of rotatable bonds is 4. The number of aryl methyl sites for hydroxylation is 1. The highest BCUT2D eigenvalue weighted by Gasteiger charge is 2.38. The summed E-state index contributed by atoms with van der Waals surface area (Å²) in [4.78, 5) is 42.5. The summed E-state index contributed by atoms with van der Waals surface area (Å²) in [5.74, 6) is -1.01. The van der Waals surface area contributed by atoms with Crippen molar-refractivity contribution in [3.05, 3.63) is 58.4 Å². The lowest BCUT2D eigenvalue weighted by molar-refractivity contribution is 0.0695. The predicted octanol–water partition coefficient (Wildman–Crippen LogP) is 4.04. The van der Waals surface area contributed by atoms with Crippen LogP contribution in [0.15, 0.2) is 41.6 Å². The standard InChI is InChI=1S/C30H30FN7O3/c1-32-22-10-17(31)9-18-24-26(38-7-5-15-4-6-36(2)23(15)14-38)20(12-33-28(24)35-25(18)22)16-8-19-27(39)21(30(40)41)13-37(3)29(19)34-11-16/h8-13,15,23,32H,4-7,14H2,1-3H3,(H,33,35)(H,40,41)/t15-,23+/m1/s1. The van der Waals surface area contributed by atoms with Gasteiger partial charge in [-0.2, -0.15) is 0 Å². The zero-order chi connectivity index (χ0) is 28.6. The molecule has 6 heterocycles. The number of likely N-dealkylation sites (tertiary alicyclic amines) is 1. The maximum atomic E-state index is 14.9. The summed E-state index contributed by atoms with van der Waals surface area (Å²) in [5.41, 5.74) is 3.83. The third-order valence-electron chi connectivity index (χ3n) is 8.95. The van der Waals surface area contributed by atoms with Gasteiger partial charge < -0.3 is 29.8 Å². The van der Waals surface area contributed by atoms with E-state index in [0.29, 0.717) is 39.9 Å². The fourth-order valence-electron chi connectivity index (χ4n) is 6.86. The number of pyridine rings is 3. The second-order valence-electron chi connectivity index (χ2n) is 11.2. The summed E-state index contributed by atoms with van der Waals surface area (Å²) in [7, 11) is 5.59. The maximum Gasteiger partial charge on any atom is 0.341 e. The highest BCUT2D eigenvalue weighted by molar-refractivity contribution is 6.18. The van der Waals surface area contributed by atoms with Crippen molar-refractivity contribution in [2.24, 2.45) is 13.0 Å². The summed E-state index contributed by atoms with van der Waals surface area (Å²) < 4.78 is 16.4. The number of aromatic carboxylic acids is 1. The lowest BCUT2D eigenvalue weighted by atomic mass is 9.90. The van der Waals surface area contributed by atoms with Crippen molar-refractivity contribution in [1.82, 2.24) is 24.4 Å². The van der Waals surface area contributed by atoms with Gasteiger partial charge in [-0.25, -0.2) is 19.2 Å². The molecule has 0 spiro atoms. The van der Waals surface area contributed by atoms with Crippen molar-refractivity contribution in [1.29, 1.82) is 0 Å². The number of benzene rings is 1. The minimum Gasteiger partial charge on any atom is -0.477 e. The quantitative estimate of drug-likeness (QED) is 0.304. The topological polar surface area (TPSA) is 119 Å². The third kappa shape index (κ3) is 3.86. The number of aromatic nitrogens is 4. The van der Waals surface area contributed by atoms with Crippen molar-refractivity contribution >= 4 is 50.3 Å². The Morgan fingerprint density at radius 2 is 1.93 bits per heavy atom. The molecule has 1 aromatic carbocycles. The zero-order valence-corrected chi connectivity index (χ0v) is 23.0. The number of fused-ring (bicyclic) bond motifs is 5. The Morgan fingerprint density at radius 1 is 1.12 bits per heavy atom. The average Bonchev–Trinajstić information content (AvgIpc) is 3.53. The van der Waals surface area contributed by atoms with Gasteiger partial charge in [-0.1, -0.05) is 0 Å². The molecular weight excluding hydrogens is 525 g/mol. The molecule has 2 saturated heterocycles. The lowest BCUT2D eigenvalue weighted by Gasteiger charge is -2.39. The molecule has 2 atom stereocenters. The Labute approximate surface area is 234 Å². The van der Waals surface area contributed by atoms with Crippen LogP contribution < -0.4 is 15.6 Å². The number of nitrogens with one attached hydrogen (secondary N) is 2. The number of carbonyl (C=O) groups is 1. The molecule has 2 fully saturated rings. The molecule has 41 heavy (non-hydrogen) atoms. The van der Waals surface area contributed by atoms with Crippen LogP contribution in [-0.2, 0) is 7.05 Å². The van der Waals surface area contributed by atoms with Crippen LogP contribution in [0.1, 0.15) is 23.2 Å². The molecule has 0 aliphatic carbocycles. The average molecular weight is 556 g/mol. The number of nitrogens with zero attached hydrogens (tertiary/aromatic N) is 5. The van der Waals surface area contributed by atoms with Crippen molar-refractivity contribution < 1.29 is 14.3 Å². The van der Waals surface area contributed by atoms with Crippen molar-refractivity contribution in [2.75, 3.05) is 43.9 Å². The first-order valence-corrected chi connectivity index (χ1v) is 13.7. The molecule has 5 aromatic rings. The number of aromatic amines is 1. The Morgan fingerprint density at radius 3 is 2.71 bits per heavy atom. The van der Waals surface area contributed by atoms with Gasteiger partial charge in [0.2, 0.25) is 5.43 Å². The van der Waals surface area contributed by atoms with E-state index in [1.165, 1.54) is 24.8 Å².